The maximum absolute atomic E-state index is 13.8. The molecule has 0 unspecified atom stereocenters. The number of anilines is 3. The van der Waals surface area contributed by atoms with Gasteiger partial charge in [0.15, 0.2) is 17.4 Å². The van der Waals surface area contributed by atoms with Gasteiger partial charge in [-0.1, -0.05) is 31.1 Å². The summed E-state index contributed by atoms with van der Waals surface area (Å²) in [7, 11) is -3.97. The van der Waals surface area contributed by atoms with Crippen molar-refractivity contribution in [1.82, 2.24) is 39.2 Å². The number of piperazine rings is 1. The summed E-state index contributed by atoms with van der Waals surface area (Å²) < 4.78 is 48.7. The molecule has 4 atom stereocenters. The smallest absolute Gasteiger partial charge is 0.301 e. The molecule has 4 saturated heterocycles. The van der Waals surface area contributed by atoms with E-state index in [9.17, 15) is 32.3 Å². The number of pyridine rings is 1. The predicted octanol–water partition coefficient (Wildman–Crippen LogP) is 3.88. The SMILES string of the molecule is CC(C)[C@@H](C(=O)N1C[C@H](O)C[C@H]1C=O)c1cc(N2CCN(CC3CCN(c4ncc(-c5cnc6[nH]cc(C(=O)c7cccc(NS(=O)(=O)N8CC[C@@H](F)C8)c7)c6c5)cn4)CC3)CC2)no1. The zero-order chi connectivity index (χ0) is 45.4. The van der Waals surface area contributed by atoms with E-state index in [0.717, 1.165) is 80.4 Å². The number of aliphatic hydroxyl groups is 1. The highest BCUT2D eigenvalue weighted by molar-refractivity contribution is 7.90. The van der Waals surface area contributed by atoms with Crippen molar-refractivity contribution in [3.8, 4) is 11.1 Å². The molecule has 0 spiro atoms. The number of β-amino-alcohol motifs (C(OH)–C–C–N with tert-alkyl or cyclic N) is 1. The maximum Gasteiger partial charge on any atom is 0.301 e. The van der Waals surface area contributed by atoms with Crippen LogP contribution in [0.15, 0.2) is 65.7 Å². The van der Waals surface area contributed by atoms with E-state index in [2.05, 4.69) is 34.5 Å². The molecule has 4 aromatic heterocycles. The van der Waals surface area contributed by atoms with Crippen LogP contribution in [0.5, 0.6) is 0 Å². The lowest BCUT2D eigenvalue weighted by Gasteiger charge is -2.38. The highest BCUT2D eigenvalue weighted by Gasteiger charge is 2.40. The molecule has 0 aliphatic carbocycles. The van der Waals surface area contributed by atoms with Crippen LogP contribution in [0, 0.1) is 11.8 Å². The summed E-state index contributed by atoms with van der Waals surface area (Å²) in [5.74, 6) is 1.15. The Bertz CT molecular complexity index is 2630. The normalized spacial score (nSPS) is 22.0. The van der Waals surface area contributed by atoms with E-state index >= 15 is 0 Å². The van der Waals surface area contributed by atoms with Crippen molar-refractivity contribution in [3.63, 3.8) is 0 Å². The lowest BCUT2D eigenvalue weighted by molar-refractivity contribution is -0.137. The number of aldehydes is 1. The Kier molecular flexibility index (Phi) is 12.7. The molecular weight excluding hydrogens is 858 g/mol. The molecule has 20 heteroatoms. The number of piperidine rings is 1. The van der Waals surface area contributed by atoms with Crippen molar-refractivity contribution in [1.29, 1.82) is 0 Å². The minimum Gasteiger partial charge on any atom is -0.391 e. The average Bonchev–Trinajstić information content (AvgIpc) is 4.14. The van der Waals surface area contributed by atoms with Crippen molar-refractivity contribution in [2.75, 3.05) is 80.0 Å². The Balaban J connectivity index is 0.764. The predicted molar refractivity (Wildman–Crippen MR) is 240 cm³/mol. The molecule has 18 nitrogen and oxygen atoms in total. The monoisotopic (exact) mass is 911 g/mol. The van der Waals surface area contributed by atoms with Gasteiger partial charge in [-0.25, -0.2) is 19.3 Å². The Morgan fingerprint density at radius 1 is 0.954 bits per heavy atom. The summed E-state index contributed by atoms with van der Waals surface area (Å²) in [5, 5.41) is 15.1. The molecule has 4 fully saturated rings. The number of fused-ring (bicyclic) bond motifs is 1. The standard InChI is InChI=1S/C45H54FN11O7S/c1-28(2)41(44(61)57-26-36(59)18-35(57)27-58)39-19-40(51-64-39)54-14-12-53(13-15-54)24-29-6-9-55(10-7-29)45-49-21-32(22-50-45)31-17-37-38(23-48-43(37)47-20-31)42(60)30-4-3-5-34(16-30)52-65(62,63)56-11-8-33(46)25-56/h3-5,16-17,19-23,27-29,33,35-36,41,52,59H,6-15,18,24-26H2,1-2H3,(H,47,48)/t33-,35+,36-,41-/m1/s1. The Hall–Kier alpha value is -5.83. The molecular formula is C45H54FN11O7S. The summed E-state index contributed by atoms with van der Waals surface area (Å²) in [6.45, 7) is 9.92. The minimum atomic E-state index is -3.97. The van der Waals surface area contributed by atoms with Gasteiger partial charge in [-0.15, -0.1) is 0 Å². The van der Waals surface area contributed by atoms with Crippen molar-refractivity contribution in [3.05, 3.63) is 78.1 Å². The third-order valence-electron chi connectivity index (χ3n) is 13.2. The Labute approximate surface area is 376 Å². The number of carbonyl (C=O) groups excluding carboxylic acids is 3. The fraction of sp³-hybridized carbons (Fsp3) is 0.489. The molecule has 0 bridgehead atoms. The second kappa shape index (κ2) is 18.6. The topological polar surface area (TPSA) is 214 Å². The number of benzene rings is 1. The number of rotatable bonds is 14. The zero-order valence-electron chi connectivity index (χ0n) is 36.4. The van der Waals surface area contributed by atoms with Gasteiger partial charge >= 0.3 is 10.2 Å². The van der Waals surface area contributed by atoms with E-state index < -0.39 is 34.4 Å². The number of aromatic amines is 1. The summed E-state index contributed by atoms with van der Waals surface area (Å²) in [5.41, 5.74) is 2.87. The molecule has 0 saturated carbocycles. The van der Waals surface area contributed by atoms with Crippen molar-refractivity contribution >= 4 is 56.7 Å². The van der Waals surface area contributed by atoms with Crippen LogP contribution in [-0.2, 0) is 19.8 Å². The van der Waals surface area contributed by atoms with E-state index in [0.29, 0.717) is 40.0 Å². The number of aromatic nitrogens is 5. The van der Waals surface area contributed by atoms with Gasteiger partial charge in [-0.2, -0.15) is 12.7 Å². The van der Waals surface area contributed by atoms with Gasteiger partial charge in [0.2, 0.25) is 11.9 Å². The number of hydrogen-bond donors (Lipinski definition) is 3. The van der Waals surface area contributed by atoms with Crippen LogP contribution in [0.3, 0.4) is 0 Å². The first-order chi connectivity index (χ1) is 31.3. The van der Waals surface area contributed by atoms with Crippen LogP contribution >= 0.6 is 0 Å². The lowest BCUT2D eigenvalue weighted by Crippen LogP contribution is -2.49. The highest BCUT2D eigenvalue weighted by atomic mass is 32.2. The molecule has 5 aromatic rings. The van der Waals surface area contributed by atoms with Gasteiger partial charge in [0, 0.05) is 130 Å². The Morgan fingerprint density at radius 2 is 1.71 bits per heavy atom. The number of H-pyrrole nitrogens is 1. The van der Waals surface area contributed by atoms with E-state index in [4.69, 9.17) is 14.5 Å². The third kappa shape index (κ3) is 9.48. The average molecular weight is 912 g/mol. The number of nitrogens with zero attached hydrogens (tertiary/aromatic N) is 9. The maximum atomic E-state index is 13.8. The summed E-state index contributed by atoms with van der Waals surface area (Å²) in [4.78, 5) is 64.4. The van der Waals surface area contributed by atoms with E-state index in [1.54, 1.807) is 43.0 Å². The molecule has 4 aliphatic rings. The minimum absolute atomic E-state index is 0.0876. The highest BCUT2D eigenvalue weighted by Crippen LogP contribution is 2.33. The van der Waals surface area contributed by atoms with Gasteiger partial charge in [-0.3, -0.25) is 19.2 Å². The number of halogens is 1. The largest absolute Gasteiger partial charge is 0.391 e. The quantitative estimate of drug-likeness (QED) is 0.107. The van der Waals surface area contributed by atoms with E-state index in [1.165, 1.54) is 11.0 Å². The van der Waals surface area contributed by atoms with E-state index in [-0.39, 0.29) is 61.3 Å². The number of likely N-dealkylation sites (tertiary alicyclic amines) is 1. The zero-order valence-corrected chi connectivity index (χ0v) is 37.2. The van der Waals surface area contributed by atoms with Gasteiger partial charge in [0.05, 0.1) is 17.8 Å². The number of amides is 1. The molecule has 1 aromatic carbocycles. The summed E-state index contributed by atoms with van der Waals surface area (Å²) >= 11 is 0. The lowest BCUT2D eigenvalue weighted by atomic mass is 9.91. The van der Waals surface area contributed by atoms with Crippen LogP contribution < -0.4 is 14.5 Å². The first-order valence-electron chi connectivity index (χ1n) is 22.3. The molecule has 9 rings (SSSR count). The number of hydrogen-bond acceptors (Lipinski definition) is 14. The van der Waals surface area contributed by atoms with Crippen LogP contribution in [0.2, 0.25) is 0 Å². The van der Waals surface area contributed by atoms with Crippen LogP contribution in [0.25, 0.3) is 22.2 Å². The van der Waals surface area contributed by atoms with Crippen molar-refractivity contribution < 1.29 is 36.8 Å². The van der Waals surface area contributed by atoms with Crippen LogP contribution in [0.1, 0.15) is 67.1 Å². The second-order valence-corrected chi connectivity index (χ2v) is 19.6. The van der Waals surface area contributed by atoms with Gasteiger partial charge < -0.3 is 34.1 Å². The van der Waals surface area contributed by atoms with Crippen molar-refractivity contribution in [2.45, 2.75) is 63.8 Å². The molecule has 8 heterocycles. The molecule has 4 aliphatic heterocycles. The molecule has 65 heavy (non-hydrogen) atoms. The van der Waals surface area contributed by atoms with Crippen LogP contribution in [0.4, 0.5) is 21.8 Å². The number of ketones is 1. The number of aliphatic hydroxyl groups excluding tert-OH is 1. The summed E-state index contributed by atoms with van der Waals surface area (Å²) in [6.07, 6.45) is 8.08. The third-order valence-corrected chi connectivity index (χ3v) is 14.7. The van der Waals surface area contributed by atoms with Gasteiger partial charge in [-0.05, 0) is 49.3 Å². The molecule has 1 amide bonds. The number of nitrogens with one attached hydrogen (secondary N) is 2. The van der Waals surface area contributed by atoms with Gasteiger partial charge in [0.25, 0.3) is 0 Å². The molecule has 0 radical (unpaired) electrons. The summed E-state index contributed by atoms with van der Waals surface area (Å²) in [6, 6.07) is 9.32. The fourth-order valence-electron chi connectivity index (χ4n) is 9.54. The number of alkyl halides is 1. The number of carbonyl (C=O) groups is 3. The fourth-order valence-corrected chi connectivity index (χ4v) is 10.8. The van der Waals surface area contributed by atoms with Gasteiger partial charge in [0.1, 0.15) is 24.0 Å². The van der Waals surface area contributed by atoms with E-state index in [1.807, 2.05) is 26.0 Å². The second-order valence-electron chi connectivity index (χ2n) is 18.0. The first-order valence-corrected chi connectivity index (χ1v) is 23.8. The molecule has 344 valence electrons. The molecule has 3 N–H and O–H groups in total. The first kappa shape index (κ1) is 44.4. The van der Waals surface area contributed by atoms with Crippen LogP contribution in [-0.4, -0.2) is 154 Å². The Morgan fingerprint density at radius 3 is 2.42 bits per heavy atom. The van der Waals surface area contributed by atoms with Crippen molar-refractivity contribution in [2.24, 2.45) is 11.8 Å².